The first-order valence-electron chi connectivity index (χ1n) is 11.3. The van der Waals surface area contributed by atoms with Crippen LogP contribution in [-0.4, -0.2) is 46.2 Å². The molecule has 1 aliphatic rings. The van der Waals surface area contributed by atoms with Crippen molar-refractivity contribution in [2.45, 2.75) is 26.4 Å². The molecule has 0 saturated heterocycles. The van der Waals surface area contributed by atoms with Crippen LogP contribution >= 0.6 is 0 Å². The van der Waals surface area contributed by atoms with Crippen molar-refractivity contribution < 1.29 is 4.79 Å². The Balaban J connectivity index is 1.38. The van der Waals surface area contributed by atoms with E-state index in [9.17, 15) is 4.79 Å². The third kappa shape index (κ3) is 6.32. The molecule has 0 saturated carbocycles. The van der Waals surface area contributed by atoms with E-state index in [2.05, 4.69) is 64.0 Å². The minimum absolute atomic E-state index is 0.109. The molecular weight excluding hydrogens is 412 g/mol. The van der Waals surface area contributed by atoms with E-state index >= 15 is 0 Å². The molecule has 1 aromatic heterocycles. The molecule has 0 aliphatic carbocycles. The van der Waals surface area contributed by atoms with Crippen molar-refractivity contribution in [3.63, 3.8) is 0 Å². The lowest BCUT2D eigenvalue weighted by Gasteiger charge is -2.30. The molecule has 0 spiro atoms. The smallest absolute Gasteiger partial charge is 0.246 e. The van der Waals surface area contributed by atoms with Gasteiger partial charge in [-0.05, 0) is 48.2 Å². The number of amides is 1. The SMILES string of the molecule is CCNC(=NCc1cccc(NC(=O)Cn2cccn2)c1)N1CC=C(c2ccccc2)CC1. The van der Waals surface area contributed by atoms with E-state index in [0.717, 1.165) is 43.3 Å². The predicted molar refractivity (Wildman–Crippen MR) is 133 cm³/mol. The van der Waals surface area contributed by atoms with Crippen LogP contribution in [0.2, 0.25) is 0 Å². The maximum atomic E-state index is 12.3. The van der Waals surface area contributed by atoms with E-state index in [4.69, 9.17) is 4.99 Å². The highest BCUT2D eigenvalue weighted by Gasteiger charge is 2.16. The molecule has 0 bridgehead atoms. The van der Waals surface area contributed by atoms with E-state index < -0.39 is 0 Å². The highest BCUT2D eigenvalue weighted by Crippen LogP contribution is 2.22. The summed E-state index contributed by atoms with van der Waals surface area (Å²) in [6.07, 6.45) is 6.72. The summed E-state index contributed by atoms with van der Waals surface area (Å²) in [4.78, 5) is 19.4. The lowest BCUT2D eigenvalue weighted by molar-refractivity contribution is -0.116. The molecule has 0 radical (unpaired) electrons. The molecule has 7 nitrogen and oxygen atoms in total. The molecule has 4 rings (SSSR count). The number of carbonyl (C=O) groups excluding carboxylic acids is 1. The summed E-state index contributed by atoms with van der Waals surface area (Å²) in [5.74, 6) is 0.802. The number of guanidine groups is 1. The Kier molecular flexibility index (Phi) is 7.53. The fourth-order valence-corrected chi connectivity index (χ4v) is 3.86. The first kappa shape index (κ1) is 22.3. The van der Waals surface area contributed by atoms with Gasteiger partial charge in [-0.25, -0.2) is 4.99 Å². The Morgan fingerprint density at radius 2 is 2.00 bits per heavy atom. The average molecular weight is 443 g/mol. The number of aromatic nitrogens is 2. The van der Waals surface area contributed by atoms with Crippen molar-refractivity contribution in [1.82, 2.24) is 20.0 Å². The zero-order valence-corrected chi connectivity index (χ0v) is 18.9. The highest BCUT2D eigenvalue weighted by molar-refractivity contribution is 5.90. The van der Waals surface area contributed by atoms with Crippen LogP contribution in [-0.2, 0) is 17.9 Å². The number of nitrogens with zero attached hydrogens (tertiary/aromatic N) is 4. The zero-order chi connectivity index (χ0) is 22.9. The molecule has 0 atom stereocenters. The summed E-state index contributed by atoms with van der Waals surface area (Å²) in [5, 5.41) is 10.4. The number of benzene rings is 2. The van der Waals surface area contributed by atoms with Crippen LogP contribution in [0.1, 0.15) is 24.5 Å². The molecule has 170 valence electrons. The van der Waals surface area contributed by atoms with Gasteiger partial charge in [-0.3, -0.25) is 9.48 Å². The molecule has 0 fully saturated rings. The van der Waals surface area contributed by atoms with Gasteiger partial charge in [-0.2, -0.15) is 5.10 Å². The monoisotopic (exact) mass is 442 g/mol. The Morgan fingerprint density at radius 1 is 1.12 bits per heavy atom. The van der Waals surface area contributed by atoms with Crippen molar-refractivity contribution in [2.75, 3.05) is 25.0 Å². The van der Waals surface area contributed by atoms with Gasteiger partial charge in [0.1, 0.15) is 6.54 Å². The lowest BCUT2D eigenvalue weighted by Crippen LogP contribution is -2.43. The fraction of sp³-hybridized carbons (Fsp3) is 0.269. The largest absolute Gasteiger partial charge is 0.356 e. The van der Waals surface area contributed by atoms with Crippen LogP contribution in [0.5, 0.6) is 0 Å². The van der Waals surface area contributed by atoms with Crippen LogP contribution in [0.15, 0.2) is 84.1 Å². The molecule has 2 heterocycles. The molecule has 0 unspecified atom stereocenters. The van der Waals surface area contributed by atoms with E-state index in [1.807, 2.05) is 24.3 Å². The summed E-state index contributed by atoms with van der Waals surface area (Å²) in [7, 11) is 0. The van der Waals surface area contributed by atoms with Gasteiger partial charge in [0, 0.05) is 37.7 Å². The minimum atomic E-state index is -0.109. The van der Waals surface area contributed by atoms with Gasteiger partial charge in [0.15, 0.2) is 5.96 Å². The third-order valence-electron chi connectivity index (χ3n) is 5.48. The Hall–Kier alpha value is -3.87. The first-order valence-corrected chi connectivity index (χ1v) is 11.3. The number of rotatable bonds is 7. The van der Waals surface area contributed by atoms with Crippen LogP contribution in [0.3, 0.4) is 0 Å². The minimum Gasteiger partial charge on any atom is -0.356 e. The van der Waals surface area contributed by atoms with Crippen molar-refractivity contribution in [1.29, 1.82) is 0 Å². The average Bonchev–Trinajstić information content (AvgIpc) is 3.35. The normalized spacial score (nSPS) is 14.0. The topological polar surface area (TPSA) is 74.5 Å². The number of aliphatic imine (C=N–C) groups is 1. The number of nitrogens with one attached hydrogen (secondary N) is 2. The fourth-order valence-electron chi connectivity index (χ4n) is 3.86. The van der Waals surface area contributed by atoms with Crippen LogP contribution in [0, 0.1) is 0 Å². The van der Waals surface area contributed by atoms with E-state index in [1.165, 1.54) is 11.1 Å². The third-order valence-corrected chi connectivity index (χ3v) is 5.48. The molecule has 3 aromatic rings. The standard InChI is InChI=1S/C26H30N6O/c1-2-27-26(31-16-12-23(13-17-31)22-9-4-3-5-10-22)28-19-21-8-6-11-24(18-21)30-25(33)20-32-15-7-14-29-32/h3-12,14-15,18H,2,13,16-17,19-20H2,1H3,(H,27,28)(H,30,33). The van der Waals surface area contributed by atoms with Crippen molar-refractivity contribution in [3.8, 4) is 0 Å². The molecule has 1 amide bonds. The summed E-state index contributed by atoms with van der Waals surface area (Å²) < 4.78 is 1.60. The first-order chi connectivity index (χ1) is 16.2. The van der Waals surface area contributed by atoms with Crippen LogP contribution < -0.4 is 10.6 Å². The maximum absolute atomic E-state index is 12.3. The number of anilines is 1. The van der Waals surface area contributed by atoms with Crippen molar-refractivity contribution >= 4 is 23.1 Å². The van der Waals surface area contributed by atoms with Crippen LogP contribution in [0.25, 0.3) is 5.57 Å². The second kappa shape index (κ2) is 11.1. The van der Waals surface area contributed by atoms with E-state index in [-0.39, 0.29) is 12.5 Å². The van der Waals surface area contributed by atoms with Gasteiger partial charge in [0.05, 0.1) is 6.54 Å². The zero-order valence-electron chi connectivity index (χ0n) is 18.9. The van der Waals surface area contributed by atoms with E-state index in [0.29, 0.717) is 6.54 Å². The number of hydrogen-bond donors (Lipinski definition) is 2. The quantitative estimate of drug-likeness (QED) is 0.431. The maximum Gasteiger partial charge on any atom is 0.246 e. The predicted octanol–water partition coefficient (Wildman–Crippen LogP) is 3.78. The van der Waals surface area contributed by atoms with Crippen LogP contribution in [0.4, 0.5) is 5.69 Å². The van der Waals surface area contributed by atoms with Gasteiger partial charge in [-0.15, -0.1) is 0 Å². The molecule has 33 heavy (non-hydrogen) atoms. The molecule has 1 aliphatic heterocycles. The second-order valence-electron chi connectivity index (χ2n) is 7.91. The highest BCUT2D eigenvalue weighted by atomic mass is 16.2. The summed E-state index contributed by atoms with van der Waals surface area (Å²) in [5.41, 5.74) is 4.49. The Labute approximate surface area is 194 Å². The number of carbonyl (C=O) groups is 1. The number of hydrogen-bond acceptors (Lipinski definition) is 3. The molecular formula is C26H30N6O. The molecule has 2 aromatic carbocycles. The molecule has 2 N–H and O–H groups in total. The van der Waals surface area contributed by atoms with Gasteiger partial charge in [0.2, 0.25) is 5.91 Å². The Bertz CT molecular complexity index is 1100. The van der Waals surface area contributed by atoms with Gasteiger partial charge >= 0.3 is 0 Å². The second-order valence-corrected chi connectivity index (χ2v) is 7.91. The Morgan fingerprint density at radius 3 is 2.73 bits per heavy atom. The van der Waals surface area contributed by atoms with Crippen molar-refractivity contribution in [2.24, 2.45) is 4.99 Å². The lowest BCUT2D eigenvalue weighted by atomic mass is 10.00. The molecule has 7 heteroatoms. The summed E-state index contributed by atoms with van der Waals surface area (Å²) in [6.45, 7) is 5.38. The van der Waals surface area contributed by atoms with E-state index in [1.54, 1.807) is 23.1 Å². The van der Waals surface area contributed by atoms with Gasteiger partial charge in [-0.1, -0.05) is 48.5 Å². The van der Waals surface area contributed by atoms with Gasteiger partial charge in [0.25, 0.3) is 0 Å². The van der Waals surface area contributed by atoms with Crippen molar-refractivity contribution in [3.05, 3.63) is 90.3 Å². The summed E-state index contributed by atoms with van der Waals surface area (Å²) >= 11 is 0. The summed E-state index contributed by atoms with van der Waals surface area (Å²) in [6, 6.07) is 20.2. The van der Waals surface area contributed by atoms with Gasteiger partial charge < -0.3 is 15.5 Å².